The quantitative estimate of drug-likeness (QED) is 0.0204. The number of benzene rings is 2. The lowest BCUT2D eigenvalue weighted by molar-refractivity contribution is 0.259. The Labute approximate surface area is 457 Å². The smallest absolute Gasteiger partial charge is 0.177 e. The van der Waals surface area contributed by atoms with Gasteiger partial charge in [0.2, 0.25) is 0 Å². The van der Waals surface area contributed by atoms with E-state index in [1.54, 1.807) is 0 Å². The number of hydrogen-bond acceptors (Lipinski definition) is 12. The van der Waals surface area contributed by atoms with Crippen LogP contribution in [0.3, 0.4) is 0 Å². The van der Waals surface area contributed by atoms with Gasteiger partial charge in [-0.1, -0.05) is 258 Å². The fraction of sp³-hybridized carbons (Fsp3) is 0.688. The minimum absolute atomic E-state index is 0.131. The molecule has 0 aliphatic rings. The summed E-state index contributed by atoms with van der Waals surface area (Å²) in [7, 11) is 0. The van der Waals surface area contributed by atoms with E-state index in [9.17, 15) is 21.0 Å². The molecule has 0 spiro atoms. The van der Waals surface area contributed by atoms with Gasteiger partial charge in [0.25, 0.3) is 0 Å². The maximum atomic E-state index is 9.90. The highest BCUT2D eigenvalue weighted by Gasteiger charge is 2.23. The van der Waals surface area contributed by atoms with E-state index in [0.29, 0.717) is 35.7 Å². The fourth-order valence-corrected chi connectivity index (χ4v) is 10.5. The summed E-state index contributed by atoms with van der Waals surface area (Å²) in [5, 5.41) is 39.5. The molecule has 5 aromatic rings. The van der Waals surface area contributed by atoms with Crippen molar-refractivity contribution in [2.24, 2.45) is 0 Å². The first-order valence-electron chi connectivity index (χ1n) is 30.6. The summed E-state index contributed by atoms with van der Waals surface area (Å²) in [6.45, 7) is 5.65. The van der Waals surface area contributed by atoms with Crippen LogP contribution in [0.15, 0.2) is 12.1 Å². The van der Waals surface area contributed by atoms with E-state index in [1.165, 1.54) is 231 Å². The van der Waals surface area contributed by atoms with Gasteiger partial charge in [-0.05, 0) is 12.8 Å². The van der Waals surface area contributed by atoms with E-state index in [2.05, 4.69) is 33.8 Å². The second-order valence-corrected chi connectivity index (χ2v) is 21.5. The van der Waals surface area contributed by atoms with Crippen LogP contribution in [-0.4, -0.2) is 43.1 Å². The molecule has 0 radical (unpaired) electrons. The van der Waals surface area contributed by atoms with Crippen LogP contribution in [0.5, 0.6) is 11.5 Å². The largest absolute Gasteiger partial charge is 0.490 e. The van der Waals surface area contributed by atoms with E-state index < -0.39 is 0 Å². The number of nitrogens with zero attached hydrogens (tertiary/aromatic N) is 10. The number of rotatable bonds is 44. The Morgan fingerprint density at radius 1 is 0.276 bits per heavy atom. The van der Waals surface area contributed by atoms with Crippen LogP contribution in [0.1, 0.15) is 293 Å². The van der Waals surface area contributed by atoms with Crippen LogP contribution in [0.2, 0.25) is 0 Å². The molecule has 0 bridgehead atoms. The number of fused-ring (bicyclic) bond motifs is 7. The van der Waals surface area contributed by atoms with Crippen molar-refractivity contribution in [2.45, 2.75) is 271 Å². The molecule has 3 aromatic heterocycles. The van der Waals surface area contributed by atoms with Gasteiger partial charge in [0.05, 0.1) is 24.2 Å². The van der Waals surface area contributed by atoms with Crippen LogP contribution >= 0.6 is 0 Å². The fourth-order valence-electron chi connectivity index (χ4n) is 10.5. The molecule has 0 unspecified atom stereocenters. The van der Waals surface area contributed by atoms with Gasteiger partial charge < -0.3 is 9.47 Å². The van der Waals surface area contributed by atoms with Gasteiger partial charge in [-0.2, -0.15) is 21.0 Å². The Morgan fingerprint density at radius 3 is 0.658 bits per heavy atom. The topological polar surface area (TPSA) is 191 Å². The summed E-state index contributed by atoms with van der Waals surface area (Å²) in [5.41, 5.74) is 1.43. The molecule has 76 heavy (non-hydrogen) atoms. The van der Waals surface area contributed by atoms with Crippen molar-refractivity contribution in [3.05, 3.63) is 34.9 Å². The molecule has 0 saturated carbocycles. The number of hydrogen-bond donors (Lipinski definition) is 0. The summed E-state index contributed by atoms with van der Waals surface area (Å²) in [6, 6.07) is 11.5. The summed E-state index contributed by atoms with van der Waals surface area (Å²) in [4.78, 5) is 27.9. The van der Waals surface area contributed by atoms with Gasteiger partial charge >= 0.3 is 0 Å². The minimum atomic E-state index is -0.197. The van der Waals surface area contributed by atoms with Crippen molar-refractivity contribution < 1.29 is 9.47 Å². The highest BCUT2D eigenvalue weighted by molar-refractivity contribution is 6.19. The third-order valence-corrected chi connectivity index (χ3v) is 15.1. The Morgan fingerprint density at radius 2 is 0.461 bits per heavy atom. The van der Waals surface area contributed by atoms with Gasteiger partial charge in [-0.15, -0.1) is 0 Å². The highest BCUT2D eigenvalue weighted by atomic mass is 16.5. The molecule has 5 rings (SSSR count). The molecule has 0 amide bonds. The zero-order chi connectivity index (χ0) is 53.7. The molecule has 410 valence electrons. The van der Waals surface area contributed by atoms with E-state index >= 15 is 0 Å². The first-order chi connectivity index (χ1) is 37.6. The normalized spacial score (nSPS) is 11.3. The Bertz CT molecular complexity index is 2460. The molecule has 12 nitrogen and oxygen atoms in total. The van der Waals surface area contributed by atoms with Crippen molar-refractivity contribution in [1.29, 1.82) is 21.0 Å². The molecular weight excluding hydrogens is 941 g/mol. The predicted octanol–water partition coefficient (Wildman–Crippen LogP) is 18.6. The molecule has 0 fully saturated rings. The second kappa shape index (κ2) is 37.9. The molecule has 12 heteroatoms. The van der Waals surface area contributed by atoms with Gasteiger partial charge in [-0.25, -0.2) is 29.9 Å². The Hall–Kier alpha value is -5.72. The average molecular weight is 1030 g/mol. The van der Waals surface area contributed by atoms with E-state index in [1.807, 2.05) is 36.4 Å². The van der Waals surface area contributed by atoms with Gasteiger partial charge in [0.1, 0.15) is 57.4 Å². The maximum absolute atomic E-state index is 9.90. The lowest BCUT2D eigenvalue weighted by atomic mass is 10.0. The van der Waals surface area contributed by atoms with Crippen molar-refractivity contribution in [2.75, 3.05) is 13.2 Å². The average Bonchev–Trinajstić information content (AvgIpc) is 3.45. The lowest BCUT2D eigenvalue weighted by Crippen LogP contribution is -2.05. The lowest BCUT2D eigenvalue weighted by Gasteiger charge is -2.15. The van der Waals surface area contributed by atoms with E-state index in [-0.39, 0.29) is 55.9 Å². The summed E-state index contributed by atoms with van der Waals surface area (Å²) in [6.07, 6.45) is 53.3. The third kappa shape index (κ3) is 21.4. The van der Waals surface area contributed by atoms with Crippen LogP contribution < -0.4 is 9.47 Å². The number of aromatic nitrogens is 6. The predicted molar refractivity (Wildman–Crippen MR) is 309 cm³/mol. The number of unbranched alkanes of at least 4 members (excludes halogenated alkanes) is 38. The SMILES string of the molecule is CCCCCCCCCCCCCCCCCCCCCCOc1cc2nc3c4nc(C#N)c(C#N)nc4c4nc(C#N)c(C#N)nc4c3nc2cc1OCCCCCCCCCCCCCCCCCCCCCC. The Balaban J connectivity index is 1.11. The minimum Gasteiger partial charge on any atom is -0.490 e. The summed E-state index contributed by atoms with van der Waals surface area (Å²) in [5.74, 6) is 1.16. The molecule has 2 aromatic carbocycles. The van der Waals surface area contributed by atoms with Crippen LogP contribution in [0, 0.1) is 45.3 Å². The van der Waals surface area contributed by atoms with Crippen molar-refractivity contribution in [1.82, 2.24) is 29.9 Å². The summed E-state index contributed by atoms with van der Waals surface area (Å²) >= 11 is 0. The molecular formula is C64H92N10O2. The number of nitriles is 4. The Kier molecular flexibility index (Phi) is 30.5. The molecule has 0 atom stereocenters. The van der Waals surface area contributed by atoms with Gasteiger partial charge in [0.15, 0.2) is 34.3 Å². The zero-order valence-corrected chi connectivity index (χ0v) is 47.1. The van der Waals surface area contributed by atoms with Crippen molar-refractivity contribution in [3.63, 3.8) is 0 Å². The molecule has 3 heterocycles. The second-order valence-electron chi connectivity index (χ2n) is 21.5. The molecule has 0 N–H and O–H groups in total. The first kappa shape index (κ1) is 61.1. The summed E-state index contributed by atoms with van der Waals surface area (Å²) < 4.78 is 13.0. The van der Waals surface area contributed by atoms with Gasteiger partial charge in [-0.3, -0.25) is 0 Å². The third-order valence-electron chi connectivity index (χ3n) is 15.1. The molecule has 0 aliphatic heterocycles. The van der Waals surface area contributed by atoms with E-state index in [0.717, 1.165) is 25.7 Å². The molecule has 0 aliphatic carbocycles. The van der Waals surface area contributed by atoms with Crippen molar-refractivity contribution in [3.8, 4) is 35.8 Å². The first-order valence-corrected chi connectivity index (χ1v) is 30.6. The van der Waals surface area contributed by atoms with Crippen molar-refractivity contribution >= 4 is 44.1 Å². The highest BCUT2D eigenvalue weighted by Crippen LogP contribution is 2.36. The standard InChI is InChI=1S/C64H92N10O2/c1-3-5-7-9-11-13-15-17-19-21-23-25-27-29-31-33-35-37-39-41-43-75-57-45-51-52(46-58(57)76-44-42-40-38-36-34-32-30-28-26-24-22-20-18-16-14-12-10-8-6-4-2)70-60-59(69-51)61-63(73-55(49-67)53(47-65)71-61)64-62(60)72-54(48-66)56(50-68)74-64/h45-46H,3-44H2,1-2H3. The zero-order valence-electron chi connectivity index (χ0n) is 47.1. The maximum Gasteiger partial charge on any atom is 0.177 e. The van der Waals surface area contributed by atoms with E-state index in [4.69, 9.17) is 19.4 Å². The monoisotopic (exact) mass is 1030 g/mol. The number of ether oxygens (including phenoxy) is 2. The van der Waals surface area contributed by atoms with Crippen LogP contribution in [0.4, 0.5) is 0 Å². The molecule has 0 saturated heterocycles. The van der Waals surface area contributed by atoms with Crippen LogP contribution in [-0.2, 0) is 0 Å². The van der Waals surface area contributed by atoms with Crippen LogP contribution in [0.25, 0.3) is 44.1 Å². The van der Waals surface area contributed by atoms with Gasteiger partial charge in [0, 0.05) is 12.1 Å².